The van der Waals surface area contributed by atoms with Gasteiger partial charge in [-0.15, -0.1) is 0 Å². The average Bonchev–Trinajstić information content (AvgIpc) is 3.19. The summed E-state index contributed by atoms with van der Waals surface area (Å²) in [5, 5.41) is 3.39. The van der Waals surface area contributed by atoms with Gasteiger partial charge >= 0.3 is 11.9 Å². The second-order valence-electron chi connectivity index (χ2n) is 7.00. The largest absolute Gasteiger partial charge is 0.469 e. The molecular formula is C17H29NO6. The predicted molar refractivity (Wildman–Crippen MR) is 86.2 cm³/mol. The third kappa shape index (κ3) is 4.26. The van der Waals surface area contributed by atoms with Crippen LogP contribution in [0.25, 0.3) is 0 Å². The minimum Gasteiger partial charge on any atom is -0.469 e. The molecule has 3 atom stereocenters. The van der Waals surface area contributed by atoms with Gasteiger partial charge in [-0.05, 0) is 31.6 Å². The van der Waals surface area contributed by atoms with Crippen LogP contribution in [0.2, 0.25) is 0 Å². The second kappa shape index (κ2) is 8.27. The Labute approximate surface area is 143 Å². The van der Waals surface area contributed by atoms with Crippen molar-refractivity contribution < 1.29 is 28.5 Å². The summed E-state index contributed by atoms with van der Waals surface area (Å²) in [6.07, 6.45) is 2.11. The van der Waals surface area contributed by atoms with Gasteiger partial charge in [0.2, 0.25) is 0 Å². The smallest absolute Gasteiger partial charge is 0.326 e. The Morgan fingerprint density at radius 3 is 2.38 bits per heavy atom. The molecule has 2 fully saturated rings. The van der Waals surface area contributed by atoms with Crippen molar-refractivity contribution in [3.8, 4) is 0 Å². The van der Waals surface area contributed by atoms with Crippen molar-refractivity contribution in [2.45, 2.75) is 57.4 Å². The molecule has 2 aliphatic rings. The number of rotatable bonds is 7. The standard InChI is InChI=1S/C17H29NO6/c1-11(2)9-17(16(20)22-4)10-12(15(19)21-3)13(18-17)5-6-14-23-7-8-24-14/h11-14,18H,5-10H2,1-4H3/t12-,13-,17-/m0/s1. The Hall–Kier alpha value is -1.18. The highest BCUT2D eigenvalue weighted by Crippen LogP contribution is 2.37. The van der Waals surface area contributed by atoms with E-state index >= 15 is 0 Å². The molecule has 1 N–H and O–H groups in total. The summed E-state index contributed by atoms with van der Waals surface area (Å²) in [6.45, 7) is 5.30. The van der Waals surface area contributed by atoms with Crippen LogP contribution in [-0.2, 0) is 28.5 Å². The summed E-state index contributed by atoms with van der Waals surface area (Å²) in [7, 11) is 2.76. The van der Waals surface area contributed by atoms with Crippen molar-refractivity contribution >= 4 is 11.9 Å². The van der Waals surface area contributed by atoms with E-state index in [9.17, 15) is 9.59 Å². The average molecular weight is 343 g/mol. The van der Waals surface area contributed by atoms with Crippen LogP contribution in [0.3, 0.4) is 0 Å². The van der Waals surface area contributed by atoms with Crippen LogP contribution in [0, 0.1) is 11.8 Å². The summed E-state index contributed by atoms with van der Waals surface area (Å²) < 4.78 is 20.9. The van der Waals surface area contributed by atoms with Gasteiger partial charge in [0.05, 0.1) is 33.4 Å². The first-order valence-electron chi connectivity index (χ1n) is 8.59. The SMILES string of the molecule is COC(=O)[C@H]1C[C@@](CC(C)C)(C(=O)OC)N[C@H]1CCC1OCCO1. The van der Waals surface area contributed by atoms with Crippen LogP contribution in [0.5, 0.6) is 0 Å². The molecule has 2 aliphatic heterocycles. The molecule has 0 unspecified atom stereocenters. The number of nitrogens with one attached hydrogen (secondary N) is 1. The number of carbonyl (C=O) groups excluding carboxylic acids is 2. The number of hydrogen-bond donors (Lipinski definition) is 1. The van der Waals surface area contributed by atoms with E-state index in [0.717, 1.165) is 0 Å². The molecule has 0 saturated carbocycles. The third-order valence-electron chi connectivity index (χ3n) is 4.76. The van der Waals surface area contributed by atoms with Gasteiger partial charge in [-0.2, -0.15) is 0 Å². The Morgan fingerprint density at radius 2 is 1.83 bits per heavy atom. The van der Waals surface area contributed by atoms with Gasteiger partial charge in [0, 0.05) is 6.04 Å². The molecule has 0 bridgehead atoms. The molecule has 2 rings (SSSR count). The summed E-state index contributed by atoms with van der Waals surface area (Å²) in [4.78, 5) is 24.7. The second-order valence-corrected chi connectivity index (χ2v) is 7.00. The lowest BCUT2D eigenvalue weighted by atomic mass is 9.84. The number of methoxy groups -OCH3 is 2. The molecule has 0 aromatic carbocycles. The van der Waals surface area contributed by atoms with Gasteiger partial charge in [-0.1, -0.05) is 13.8 Å². The first-order valence-corrected chi connectivity index (χ1v) is 8.59. The highest BCUT2D eigenvalue weighted by Gasteiger charge is 2.53. The summed E-state index contributed by atoms with van der Waals surface area (Å²) in [5.41, 5.74) is -0.843. The Balaban J connectivity index is 2.13. The molecule has 2 saturated heterocycles. The van der Waals surface area contributed by atoms with Crippen molar-refractivity contribution in [2.75, 3.05) is 27.4 Å². The lowest BCUT2D eigenvalue weighted by Gasteiger charge is -2.29. The molecule has 0 aromatic rings. The Morgan fingerprint density at radius 1 is 1.17 bits per heavy atom. The molecule has 7 heteroatoms. The Bertz CT molecular complexity index is 448. The fourth-order valence-corrected chi connectivity index (χ4v) is 3.85. The lowest BCUT2D eigenvalue weighted by Crippen LogP contribution is -2.51. The van der Waals surface area contributed by atoms with E-state index < -0.39 is 5.54 Å². The van der Waals surface area contributed by atoms with E-state index in [1.807, 2.05) is 13.8 Å². The highest BCUT2D eigenvalue weighted by atomic mass is 16.7. The van der Waals surface area contributed by atoms with Gasteiger partial charge in [0.1, 0.15) is 5.54 Å². The van der Waals surface area contributed by atoms with Crippen molar-refractivity contribution in [1.29, 1.82) is 0 Å². The Kier molecular flexibility index (Phi) is 6.60. The minimum absolute atomic E-state index is 0.164. The molecule has 2 heterocycles. The molecule has 0 amide bonds. The van der Waals surface area contributed by atoms with Crippen LogP contribution in [0.15, 0.2) is 0 Å². The number of carbonyl (C=O) groups is 2. The van der Waals surface area contributed by atoms with Crippen molar-refractivity contribution in [3.05, 3.63) is 0 Å². The first-order chi connectivity index (χ1) is 11.4. The van der Waals surface area contributed by atoms with E-state index in [1.165, 1.54) is 14.2 Å². The summed E-state index contributed by atoms with van der Waals surface area (Å²) in [6, 6.07) is -0.164. The fourth-order valence-electron chi connectivity index (χ4n) is 3.85. The topological polar surface area (TPSA) is 83.1 Å². The first kappa shape index (κ1) is 19.1. The highest BCUT2D eigenvalue weighted by molar-refractivity contribution is 5.84. The van der Waals surface area contributed by atoms with E-state index in [-0.39, 0.29) is 36.1 Å². The maximum absolute atomic E-state index is 12.4. The lowest BCUT2D eigenvalue weighted by molar-refractivity contribution is -0.149. The van der Waals surface area contributed by atoms with Gasteiger partial charge in [-0.25, -0.2) is 0 Å². The van der Waals surface area contributed by atoms with Crippen molar-refractivity contribution in [1.82, 2.24) is 5.32 Å². The zero-order valence-electron chi connectivity index (χ0n) is 15.0. The van der Waals surface area contributed by atoms with Gasteiger partial charge in [0.25, 0.3) is 0 Å². The maximum Gasteiger partial charge on any atom is 0.326 e. The van der Waals surface area contributed by atoms with E-state index in [1.54, 1.807) is 0 Å². The molecule has 0 radical (unpaired) electrons. The fraction of sp³-hybridized carbons (Fsp3) is 0.882. The maximum atomic E-state index is 12.4. The van der Waals surface area contributed by atoms with Crippen molar-refractivity contribution in [2.24, 2.45) is 11.8 Å². The molecule has 138 valence electrons. The van der Waals surface area contributed by atoms with Crippen LogP contribution in [0.4, 0.5) is 0 Å². The van der Waals surface area contributed by atoms with E-state index in [0.29, 0.717) is 38.9 Å². The number of ether oxygens (including phenoxy) is 4. The number of hydrogen-bond acceptors (Lipinski definition) is 7. The van der Waals surface area contributed by atoms with Gasteiger partial charge in [-0.3, -0.25) is 14.9 Å². The predicted octanol–water partition coefficient (Wildman–Crippen LogP) is 1.25. The van der Waals surface area contributed by atoms with E-state index in [2.05, 4.69) is 5.32 Å². The molecule has 0 aliphatic carbocycles. The molecule has 0 spiro atoms. The zero-order valence-corrected chi connectivity index (χ0v) is 15.0. The molecule has 0 aromatic heterocycles. The third-order valence-corrected chi connectivity index (χ3v) is 4.76. The van der Waals surface area contributed by atoms with Crippen molar-refractivity contribution in [3.63, 3.8) is 0 Å². The van der Waals surface area contributed by atoms with E-state index in [4.69, 9.17) is 18.9 Å². The summed E-state index contributed by atoms with van der Waals surface area (Å²) in [5.74, 6) is -0.708. The van der Waals surface area contributed by atoms with Gasteiger partial charge < -0.3 is 18.9 Å². The quantitative estimate of drug-likeness (QED) is 0.697. The molecule has 7 nitrogen and oxygen atoms in total. The van der Waals surface area contributed by atoms with Crippen LogP contribution in [-0.4, -0.2) is 57.2 Å². The summed E-state index contributed by atoms with van der Waals surface area (Å²) >= 11 is 0. The zero-order chi connectivity index (χ0) is 17.7. The van der Waals surface area contributed by atoms with Crippen LogP contribution < -0.4 is 5.32 Å². The normalized spacial score (nSPS) is 30.7. The van der Waals surface area contributed by atoms with Gasteiger partial charge in [0.15, 0.2) is 6.29 Å². The number of esters is 2. The molecule has 24 heavy (non-hydrogen) atoms. The van der Waals surface area contributed by atoms with Crippen LogP contribution in [0.1, 0.15) is 39.5 Å². The monoisotopic (exact) mass is 343 g/mol. The minimum atomic E-state index is -0.843. The molecular weight excluding hydrogens is 314 g/mol. The van der Waals surface area contributed by atoms with Crippen LogP contribution >= 0.6 is 0 Å².